The van der Waals surface area contributed by atoms with Gasteiger partial charge in [0.2, 0.25) is 17.7 Å². The summed E-state index contributed by atoms with van der Waals surface area (Å²) in [7, 11) is 2.90. The number of aliphatic carboxylic acids is 1. The Hall–Kier alpha value is -4.05. The highest BCUT2D eigenvalue weighted by Gasteiger charge is 2.38. The van der Waals surface area contributed by atoms with Gasteiger partial charge >= 0.3 is 12.1 Å². The molecule has 1 amide bonds. The first-order chi connectivity index (χ1) is 18.4. The highest BCUT2D eigenvalue weighted by atomic mass is 32.1. The summed E-state index contributed by atoms with van der Waals surface area (Å²) in [6, 6.07) is 6.34. The molecule has 0 unspecified atom stereocenters. The number of carbonyl (C=O) groups is 2. The number of benzene rings is 1. The van der Waals surface area contributed by atoms with E-state index in [2.05, 4.69) is 25.6 Å². The van der Waals surface area contributed by atoms with Gasteiger partial charge in [-0.3, -0.25) is 9.59 Å². The molecule has 0 spiro atoms. The van der Waals surface area contributed by atoms with Gasteiger partial charge in [-0.25, -0.2) is 9.36 Å². The molecule has 4 N–H and O–H groups in total. The van der Waals surface area contributed by atoms with E-state index in [-0.39, 0.29) is 28.4 Å². The minimum absolute atomic E-state index is 0.0261. The third-order valence-electron chi connectivity index (χ3n) is 5.70. The molecule has 210 valence electrons. The number of aromatic amines is 1. The fourth-order valence-electron chi connectivity index (χ4n) is 3.67. The van der Waals surface area contributed by atoms with Crippen LogP contribution in [0.15, 0.2) is 29.1 Å². The molecule has 3 heterocycles. The van der Waals surface area contributed by atoms with Crippen molar-refractivity contribution in [1.29, 1.82) is 0 Å². The van der Waals surface area contributed by atoms with E-state index < -0.39 is 17.7 Å². The second kappa shape index (κ2) is 12.7. The number of nitrogens with one attached hydrogen (secondary N) is 3. The van der Waals surface area contributed by atoms with Crippen LogP contribution in [0.3, 0.4) is 0 Å². The number of H-pyrrole nitrogens is 1. The maximum absolute atomic E-state index is 13.2. The fourth-order valence-corrected chi connectivity index (χ4v) is 3.94. The average molecular weight is 571 g/mol. The predicted octanol–water partition coefficient (Wildman–Crippen LogP) is 2.22. The van der Waals surface area contributed by atoms with E-state index in [1.54, 1.807) is 18.2 Å². The van der Waals surface area contributed by atoms with Crippen LogP contribution in [-0.2, 0) is 4.79 Å². The normalized spacial score (nSPS) is 13.8. The van der Waals surface area contributed by atoms with Crippen LogP contribution >= 0.6 is 12.2 Å². The monoisotopic (exact) mass is 570 g/mol. The molecule has 3 aromatic rings. The summed E-state index contributed by atoms with van der Waals surface area (Å²) < 4.78 is 43.3. The van der Waals surface area contributed by atoms with Crippen LogP contribution in [-0.4, -0.2) is 76.5 Å². The maximum atomic E-state index is 13.2. The lowest BCUT2D eigenvalue weighted by atomic mass is 9.98. The summed E-state index contributed by atoms with van der Waals surface area (Å²) in [6.07, 6.45) is -3.00. The molecule has 1 saturated heterocycles. The summed E-state index contributed by atoms with van der Waals surface area (Å²) in [5, 5.41) is 13.8. The Balaban J connectivity index is 0.000000532. The molecule has 1 fully saturated rings. The number of ether oxygens (including phenoxy) is 2. The number of nitrogens with zero attached hydrogens (tertiary/aromatic N) is 3. The Morgan fingerprint density at radius 1 is 1.15 bits per heavy atom. The van der Waals surface area contributed by atoms with Crippen molar-refractivity contribution in [3.63, 3.8) is 0 Å². The topological polar surface area (TPSA) is 160 Å². The molecule has 0 saturated carbocycles. The van der Waals surface area contributed by atoms with Crippen LogP contribution in [0.4, 0.5) is 13.2 Å². The van der Waals surface area contributed by atoms with Crippen LogP contribution in [0.5, 0.6) is 11.8 Å². The molecule has 4 rings (SSSR count). The minimum atomic E-state index is -5.08. The number of piperidine rings is 1. The first kappa shape index (κ1) is 29.5. The van der Waals surface area contributed by atoms with E-state index in [0.717, 1.165) is 25.9 Å². The van der Waals surface area contributed by atoms with E-state index in [9.17, 15) is 22.8 Å². The number of carboxylic acids is 1. The number of methoxy groups -OCH3 is 2. The summed E-state index contributed by atoms with van der Waals surface area (Å²) in [5.74, 6) is -1.98. The summed E-state index contributed by atoms with van der Waals surface area (Å²) in [6.45, 7) is 2.58. The molecule has 39 heavy (non-hydrogen) atoms. The second-order valence-corrected chi connectivity index (χ2v) is 8.68. The Morgan fingerprint density at radius 2 is 1.74 bits per heavy atom. The standard InChI is InChI=1S/C21H24N6O4S.C2HF3O2/c1-30-16-10-17(31-2)26-20(25-16)27-19(29)14-4-3-13(9-15(14)24-21(27)32)18(28)23-11-12-5-7-22-8-6-12;3-2(4,5)1(6)7/h3-4,9-10,12,22H,5-8,11H2,1-2H3,(H,23,28)(H,24,32);(H,6,7). The van der Waals surface area contributed by atoms with Crippen LogP contribution in [0.25, 0.3) is 16.9 Å². The van der Waals surface area contributed by atoms with E-state index in [0.29, 0.717) is 28.9 Å². The highest BCUT2D eigenvalue weighted by molar-refractivity contribution is 7.71. The SMILES string of the molecule is COc1cc(OC)nc(-n2c(=S)[nH]c3cc(C(=O)NCC4CCNCC4)ccc3c2=O)n1.O=C(O)C(F)(F)F. The smallest absolute Gasteiger partial charge is 0.481 e. The Kier molecular flexibility index (Phi) is 9.58. The van der Waals surface area contributed by atoms with Gasteiger partial charge in [-0.1, -0.05) is 0 Å². The number of halogens is 3. The van der Waals surface area contributed by atoms with Crippen molar-refractivity contribution < 1.29 is 37.3 Å². The average Bonchev–Trinajstić information content (AvgIpc) is 2.91. The number of amides is 1. The van der Waals surface area contributed by atoms with Gasteiger partial charge in [0.15, 0.2) is 4.77 Å². The van der Waals surface area contributed by atoms with Crippen LogP contribution in [0.2, 0.25) is 0 Å². The first-order valence-corrected chi connectivity index (χ1v) is 11.9. The Labute approximate surface area is 224 Å². The zero-order valence-electron chi connectivity index (χ0n) is 20.8. The molecule has 1 aromatic carbocycles. The van der Waals surface area contributed by atoms with Crippen molar-refractivity contribution in [3.05, 3.63) is 45.0 Å². The number of aromatic nitrogens is 4. The molecule has 0 aliphatic carbocycles. The highest BCUT2D eigenvalue weighted by Crippen LogP contribution is 2.18. The number of carboxylic acid groups (broad SMARTS) is 1. The Morgan fingerprint density at radius 3 is 2.28 bits per heavy atom. The number of rotatable bonds is 6. The number of fused-ring (bicyclic) bond motifs is 1. The zero-order chi connectivity index (χ0) is 28.7. The number of hydrogen-bond acceptors (Lipinski definition) is 9. The van der Waals surface area contributed by atoms with Gasteiger partial charge in [-0.15, -0.1) is 0 Å². The van der Waals surface area contributed by atoms with Crippen molar-refractivity contribution in [2.45, 2.75) is 19.0 Å². The van der Waals surface area contributed by atoms with E-state index in [1.165, 1.54) is 24.9 Å². The molecule has 0 atom stereocenters. The van der Waals surface area contributed by atoms with Gasteiger partial charge in [-0.05, 0) is 62.3 Å². The lowest BCUT2D eigenvalue weighted by Crippen LogP contribution is -2.36. The van der Waals surface area contributed by atoms with Gasteiger partial charge in [0.05, 0.1) is 31.2 Å². The quantitative estimate of drug-likeness (QED) is 0.324. The van der Waals surface area contributed by atoms with Crippen molar-refractivity contribution in [2.75, 3.05) is 33.9 Å². The van der Waals surface area contributed by atoms with E-state index >= 15 is 0 Å². The van der Waals surface area contributed by atoms with Crippen molar-refractivity contribution >= 4 is 35.0 Å². The van der Waals surface area contributed by atoms with Crippen LogP contribution in [0.1, 0.15) is 23.2 Å². The third-order valence-corrected chi connectivity index (χ3v) is 5.98. The first-order valence-electron chi connectivity index (χ1n) is 11.5. The number of hydrogen-bond donors (Lipinski definition) is 4. The molecule has 2 aromatic heterocycles. The van der Waals surface area contributed by atoms with Crippen molar-refractivity contribution in [3.8, 4) is 17.7 Å². The molecular formula is C23H25F3N6O6S. The van der Waals surface area contributed by atoms with E-state index in [4.69, 9.17) is 31.6 Å². The summed E-state index contributed by atoms with van der Waals surface area (Å²) in [4.78, 5) is 46.1. The maximum Gasteiger partial charge on any atom is 0.490 e. The van der Waals surface area contributed by atoms with Crippen molar-refractivity contribution in [2.24, 2.45) is 5.92 Å². The molecule has 16 heteroatoms. The van der Waals surface area contributed by atoms with Gasteiger partial charge < -0.3 is 30.2 Å². The predicted molar refractivity (Wildman–Crippen MR) is 135 cm³/mol. The van der Waals surface area contributed by atoms with Gasteiger partial charge in [-0.2, -0.15) is 23.1 Å². The van der Waals surface area contributed by atoms with Crippen LogP contribution < -0.4 is 25.7 Å². The summed E-state index contributed by atoms with van der Waals surface area (Å²) >= 11 is 5.39. The van der Waals surface area contributed by atoms with Crippen LogP contribution in [0, 0.1) is 10.7 Å². The largest absolute Gasteiger partial charge is 0.490 e. The number of alkyl halides is 3. The molecule has 1 aliphatic heterocycles. The van der Waals surface area contributed by atoms with E-state index in [1.807, 2.05) is 0 Å². The Bertz CT molecular complexity index is 1450. The molecule has 1 aliphatic rings. The van der Waals surface area contributed by atoms with Gasteiger partial charge in [0.1, 0.15) is 0 Å². The number of carbonyl (C=O) groups excluding carboxylic acids is 1. The molecular weight excluding hydrogens is 545 g/mol. The van der Waals surface area contributed by atoms with Gasteiger partial charge in [0.25, 0.3) is 11.5 Å². The molecule has 0 bridgehead atoms. The third kappa shape index (κ3) is 7.51. The zero-order valence-corrected chi connectivity index (χ0v) is 21.6. The van der Waals surface area contributed by atoms with Gasteiger partial charge in [0, 0.05) is 12.1 Å². The fraction of sp³-hybridized carbons (Fsp3) is 0.391. The minimum Gasteiger partial charge on any atom is -0.481 e. The second-order valence-electron chi connectivity index (χ2n) is 8.29. The molecule has 0 radical (unpaired) electrons. The lowest BCUT2D eigenvalue weighted by Gasteiger charge is -2.22. The lowest BCUT2D eigenvalue weighted by molar-refractivity contribution is -0.192. The molecule has 12 nitrogen and oxygen atoms in total. The summed E-state index contributed by atoms with van der Waals surface area (Å²) in [5.41, 5.74) is 0.495. The van der Waals surface area contributed by atoms with Crippen molar-refractivity contribution in [1.82, 2.24) is 30.2 Å².